The lowest BCUT2D eigenvalue weighted by Gasteiger charge is -2.08. The van der Waals surface area contributed by atoms with E-state index in [-0.39, 0.29) is 11.7 Å². The molecule has 0 aliphatic carbocycles. The van der Waals surface area contributed by atoms with Crippen LogP contribution in [0.1, 0.15) is 25.6 Å². The van der Waals surface area contributed by atoms with Gasteiger partial charge < -0.3 is 4.98 Å². The van der Waals surface area contributed by atoms with Crippen LogP contribution in [0.25, 0.3) is 11.3 Å². The Bertz CT molecular complexity index is 573. The molecule has 0 fully saturated rings. The highest BCUT2D eigenvalue weighted by molar-refractivity contribution is 7.71. The number of rotatable bonds is 2. The molecule has 0 radical (unpaired) electrons. The third-order valence-corrected chi connectivity index (χ3v) is 2.67. The molecular formula is C13H13FN2S. The summed E-state index contributed by atoms with van der Waals surface area (Å²) in [4.78, 5) is 7.48. The lowest BCUT2D eigenvalue weighted by atomic mass is 10.1. The van der Waals surface area contributed by atoms with Gasteiger partial charge in [-0.05, 0) is 35.9 Å². The van der Waals surface area contributed by atoms with E-state index in [1.165, 1.54) is 12.1 Å². The lowest BCUT2D eigenvalue weighted by Crippen LogP contribution is -1.99. The fourth-order valence-corrected chi connectivity index (χ4v) is 1.75. The third-order valence-electron chi connectivity index (χ3n) is 2.46. The minimum absolute atomic E-state index is 0.245. The van der Waals surface area contributed by atoms with Gasteiger partial charge in [-0.3, -0.25) is 0 Å². The predicted octanol–water partition coefficient (Wildman–Crippen LogP) is 4.07. The van der Waals surface area contributed by atoms with Gasteiger partial charge in [0.05, 0.1) is 0 Å². The van der Waals surface area contributed by atoms with Crippen LogP contribution in [0.2, 0.25) is 0 Å². The molecule has 1 aromatic carbocycles. The predicted molar refractivity (Wildman–Crippen MR) is 68.9 cm³/mol. The Labute approximate surface area is 105 Å². The number of halogens is 1. The van der Waals surface area contributed by atoms with E-state index in [1.54, 1.807) is 18.2 Å². The number of nitrogens with one attached hydrogen (secondary N) is 1. The molecule has 1 N–H and O–H groups in total. The standard InChI is InChI=1S/C13H13FN2S/c1-8(2)13-15-11(7-12(17)16-13)9-3-5-10(14)6-4-9/h3-8H,1-2H3,(H,15,16,17). The van der Waals surface area contributed by atoms with Crippen molar-refractivity contribution in [2.24, 2.45) is 0 Å². The van der Waals surface area contributed by atoms with E-state index in [2.05, 4.69) is 9.97 Å². The van der Waals surface area contributed by atoms with Crippen molar-refractivity contribution < 1.29 is 4.39 Å². The highest BCUT2D eigenvalue weighted by atomic mass is 32.1. The molecule has 1 aromatic heterocycles. The van der Waals surface area contributed by atoms with Crippen LogP contribution >= 0.6 is 12.2 Å². The van der Waals surface area contributed by atoms with Gasteiger partial charge in [-0.1, -0.05) is 26.1 Å². The van der Waals surface area contributed by atoms with E-state index in [0.29, 0.717) is 4.64 Å². The Kier molecular flexibility index (Phi) is 3.33. The number of hydrogen-bond acceptors (Lipinski definition) is 2. The SMILES string of the molecule is CC(C)c1nc(=S)cc(-c2ccc(F)cc2)[nH]1. The molecule has 0 aliphatic rings. The topological polar surface area (TPSA) is 28.7 Å². The summed E-state index contributed by atoms with van der Waals surface area (Å²) < 4.78 is 13.4. The second-order valence-corrected chi connectivity index (χ2v) is 4.60. The van der Waals surface area contributed by atoms with E-state index < -0.39 is 0 Å². The minimum Gasteiger partial charge on any atom is -0.343 e. The maximum absolute atomic E-state index is 12.8. The molecule has 0 atom stereocenters. The second-order valence-electron chi connectivity index (χ2n) is 4.18. The zero-order chi connectivity index (χ0) is 12.4. The normalized spacial score (nSPS) is 10.8. The highest BCUT2D eigenvalue weighted by Gasteiger charge is 2.05. The van der Waals surface area contributed by atoms with E-state index in [9.17, 15) is 4.39 Å². The Morgan fingerprint density at radius 3 is 2.47 bits per heavy atom. The first-order chi connectivity index (χ1) is 8.06. The first kappa shape index (κ1) is 11.9. The van der Waals surface area contributed by atoms with Crippen LogP contribution in [0.3, 0.4) is 0 Å². The molecule has 17 heavy (non-hydrogen) atoms. The molecule has 0 saturated heterocycles. The average molecular weight is 248 g/mol. The molecule has 2 aromatic rings. The van der Waals surface area contributed by atoms with Gasteiger partial charge in [0.2, 0.25) is 0 Å². The fraction of sp³-hybridized carbons (Fsp3) is 0.231. The van der Waals surface area contributed by atoms with Gasteiger partial charge in [-0.2, -0.15) is 0 Å². The van der Waals surface area contributed by atoms with E-state index in [1.807, 2.05) is 13.8 Å². The van der Waals surface area contributed by atoms with E-state index in [4.69, 9.17) is 12.2 Å². The summed E-state index contributed by atoms with van der Waals surface area (Å²) in [5.74, 6) is 0.874. The Morgan fingerprint density at radius 1 is 1.24 bits per heavy atom. The first-order valence-electron chi connectivity index (χ1n) is 5.43. The summed E-state index contributed by atoms with van der Waals surface area (Å²) in [6.07, 6.45) is 0. The molecule has 0 aliphatic heterocycles. The van der Waals surface area contributed by atoms with Crippen molar-refractivity contribution in [2.45, 2.75) is 19.8 Å². The number of aromatic nitrogens is 2. The molecule has 1 heterocycles. The number of nitrogens with zero attached hydrogens (tertiary/aromatic N) is 1. The van der Waals surface area contributed by atoms with Gasteiger partial charge in [0.25, 0.3) is 0 Å². The lowest BCUT2D eigenvalue weighted by molar-refractivity contribution is 0.628. The van der Waals surface area contributed by atoms with Crippen LogP contribution in [-0.2, 0) is 0 Å². The molecule has 2 nitrogen and oxygen atoms in total. The van der Waals surface area contributed by atoms with Crippen LogP contribution in [0.15, 0.2) is 30.3 Å². The third kappa shape index (κ3) is 2.77. The van der Waals surface area contributed by atoms with Crippen LogP contribution in [-0.4, -0.2) is 9.97 Å². The van der Waals surface area contributed by atoms with Gasteiger partial charge in [0, 0.05) is 11.6 Å². The summed E-state index contributed by atoms with van der Waals surface area (Å²) in [5, 5.41) is 0. The summed E-state index contributed by atoms with van der Waals surface area (Å²) in [6.45, 7) is 4.09. The second kappa shape index (κ2) is 4.75. The quantitative estimate of drug-likeness (QED) is 0.812. The largest absolute Gasteiger partial charge is 0.343 e. The van der Waals surface area contributed by atoms with E-state index >= 15 is 0 Å². The number of aromatic amines is 1. The van der Waals surface area contributed by atoms with Crippen molar-refractivity contribution in [2.75, 3.05) is 0 Å². The molecule has 0 saturated carbocycles. The maximum atomic E-state index is 12.8. The molecule has 2 rings (SSSR count). The summed E-state index contributed by atoms with van der Waals surface area (Å²) in [6, 6.07) is 8.10. The highest BCUT2D eigenvalue weighted by Crippen LogP contribution is 2.19. The number of H-pyrrole nitrogens is 1. The van der Waals surface area contributed by atoms with Crippen molar-refractivity contribution in [3.8, 4) is 11.3 Å². The Morgan fingerprint density at radius 2 is 1.88 bits per heavy atom. The van der Waals surface area contributed by atoms with Gasteiger partial charge in [-0.15, -0.1) is 0 Å². The van der Waals surface area contributed by atoms with Crippen molar-refractivity contribution >= 4 is 12.2 Å². The van der Waals surface area contributed by atoms with Crippen LogP contribution in [0.5, 0.6) is 0 Å². The van der Waals surface area contributed by atoms with Crippen molar-refractivity contribution in [1.29, 1.82) is 0 Å². The van der Waals surface area contributed by atoms with Crippen LogP contribution in [0.4, 0.5) is 4.39 Å². The molecule has 0 bridgehead atoms. The maximum Gasteiger partial charge on any atom is 0.130 e. The molecule has 0 amide bonds. The first-order valence-corrected chi connectivity index (χ1v) is 5.84. The monoisotopic (exact) mass is 248 g/mol. The van der Waals surface area contributed by atoms with E-state index in [0.717, 1.165) is 17.1 Å². The molecule has 0 unspecified atom stereocenters. The van der Waals surface area contributed by atoms with Gasteiger partial charge in [0.15, 0.2) is 0 Å². The van der Waals surface area contributed by atoms with Crippen molar-refractivity contribution in [3.05, 3.63) is 46.6 Å². The molecule has 0 spiro atoms. The van der Waals surface area contributed by atoms with Gasteiger partial charge >= 0.3 is 0 Å². The molecule has 4 heteroatoms. The van der Waals surface area contributed by atoms with Gasteiger partial charge in [-0.25, -0.2) is 9.37 Å². The number of hydrogen-bond donors (Lipinski definition) is 1. The summed E-state index contributed by atoms with van der Waals surface area (Å²) >= 11 is 5.13. The Hall–Kier alpha value is -1.55. The van der Waals surface area contributed by atoms with Crippen LogP contribution < -0.4 is 0 Å². The zero-order valence-corrected chi connectivity index (χ0v) is 10.5. The summed E-state index contributed by atoms with van der Waals surface area (Å²) in [7, 11) is 0. The molecule has 88 valence electrons. The molecular weight excluding hydrogens is 235 g/mol. The van der Waals surface area contributed by atoms with Crippen molar-refractivity contribution in [1.82, 2.24) is 9.97 Å². The summed E-state index contributed by atoms with van der Waals surface area (Å²) in [5.41, 5.74) is 1.77. The smallest absolute Gasteiger partial charge is 0.130 e. The minimum atomic E-state index is -0.245. The Balaban J connectivity index is 2.52. The average Bonchev–Trinajstić information content (AvgIpc) is 2.29. The fourth-order valence-electron chi connectivity index (χ4n) is 1.53. The van der Waals surface area contributed by atoms with Crippen LogP contribution in [0, 0.1) is 10.5 Å². The zero-order valence-electron chi connectivity index (χ0n) is 9.70. The van der Waals surface area contributed by atoms with Crippen molar-refractivity contribution in [3.63, 3.8) is 0 Å². The number of benzene rings is 1. The van der Waals surface area contributed by atoms with Gasteiger partial charge in [0.1, 0.15) is 16.3 Å².